The van der Waals surface area contributed by atoms with Crippen LogP contribution in [0.4, 0.5) is 22.7 Å². The van der Waals surface area contributed by atoms with Crippen LogP contribution in [0.25, 0.3) is 0 Å². The minimum atomic E-state index is -0.826. The van der Waals surface area contributed by atoms with E-state index in [0.717, 1.165) is 0 Å². The molecule has 31 heteroatoms. The number of anilines is 2. The number of ether oxygens (including phenoxy) is 12. The number of carbonyl (C=O) groups excluding carboxylic acids is 8. The average Bonchev–Trinajstić information content (AvgIpc) is 3.42. The molecule has 80 heavy (non-hydrogen) atoms. The van der Waals surface area contributed by atoms with Crippen LogP contribution in [-0.4, -0.2) is 123 Å². The number of rotatable bonds is 32. The zero-order valence-electron chi connectivity index (χ0n) is 42.5. The Hall–Kier alpha value is -10.3. The van der Waals surface area contributed by atoms with Crippen molar-refractivity contribution in [3.63, 3.8) is 0 Å². The number of nitro benzene ring substituents is 2. The van der Waals surface area contributed by atoms with Crippen molar-refractivity contribution in [2.45, 2.75) is 51.4 Å². The number of hydrogen-bond acceptors (Lipinski definition) is 28. The largest absolute Gasteiger partial charge is 0.483 e. The van der Waals surface area contributed by atoms with Gasteiger partial charge in [-0.3, -0.25) is 44.2 Å². The summed E-state index contributed by atoms with van der Waals surface area (Å²) in [5.74, 6) is -4.28. The van der Waals surface area contributed by atoms with Gasteiger partial charge in [-0.25, -0.2) is 19.2 Å². The summed E-state index contributed by atoms with van der Waals surface area (Å²) in [6, 6.07) is 23.0. The number of nitro groups is 2. The zero-order valence-corrected chi connectivity index (χ0v) is 42.5. The molecule has 8 N–H and O–H groups in total. The van der Waals surface area contributed by atoms with E-state index in [0.29, 0.717) is 35.7 Å². The summed E-state index contributed by atoms with van der Waals surface area (Å²) in [6.07, 6.45) is 1.16. The highest BCUT2D eigenvalue weighted by Crippen LogP contribution is 2.19. The quantitative estimate of drug-likeness (QED) is 0.00767. The van der Waals surface area contributed by atoms with Crippen molar-refractivity contribution in [2.75, 3.05) is 65.1 Å². The van der Waals surface area contributed by atoms with Crippen LogP contribution in [0.1, 0.15) is 51.4 Å². The van der Waals surface area contributed by atoms with Crippen molar-refractivity contribution in [3.05, 3.63) is 117 Å². The van der Waals surface area contributed by atoms with Gasteiger partial charge >= 0.3 is 47.8 Å². The summed E-state index contributed by atoms with van der Waals surface area (Å²) >= 11 is 0. The van der Waals surface area contributed by atoms with Gasteiger partial charge in [0.25, 0.3) is 17.8 Å². The van der Waals surface area contributed by atoms with E-state index >= 15 is 0 Å². The molecule has 434 valence electrons. The van der Waals surface area contributed by atoms with Gasteiger partial charge in [-0.1, -0.05) is 0 Å². The Labute approximate surface area is 453 Å². The van der Waals surface area contributed by atoms with Crippen molar-refractivity contribution in [2.24, 2.45) is 0 Å². The van der Waals surface area contributed by atoms with E-state index in [1.54, 1.807) is 48.5 Å². The van der Waals surface area contributed by atoms with Crippen LogP contribution in [0.15, 0.2) is 97.1 Å². The van der Waals surface area contributed by atoms with Crippen LogP contribution in [0.5, 0.6) is 23.0 Å². The molecule has 0 amide bonds. The Bertz CT molecular complexity index is 2410. The summed E-state index contributed by atoms with van der Waals surface area (Å²) in [6.45, 7) is -4.32. The molecule has 4 aromatic rings. The number of non-ortho nitro benzene ring substituents is 2. The number of nitrogens with two attached hydrogens (primary N) is 2. The first-order valence-electron chi connectivity index (χ1n) is 22.9. The maximum absolute atomic E-state index is 11.7. The first-order chi connectivity index (χ1) is 37.9. The van der Waals surface area contributed by atoms with Gasteiger partial charge < -0.3 is 79.6 Å². The molecule has 4 rings (SSSR count). The summed E-state index contributed by atoms with van der Waals surface area (Å²) in [4.78, 5) is 121. The molecule has 0 aliphatic rings. The second-order valence-corrected chi connectivity index (χ2v) is 14.9. The highest BCUT2D eigenvalue weighted by atomic mass is 16.7. The molecule has 0 unspecified atom stereocenters. The molecule has 0 saturated carbocycles. The zero-order chi connectivity index (χ0) is 58.2. The normalized spacial score (nSPS) is 9.75. The van der Waals surface area contributed by atoms with E-state index < -0.39 is 98.0 Å². The molecule has 0 bridgehead atoms. The molecule has 0 spiro atoms. The van der Waals surface area contributed by atoms with E-state index in [9.17, 15) is 58.6 Å². The minimum absolute atomic E-state index is 0. The third kappa shape index (κ3) is 32.9. The van der Waals surface area contributed by atoms with Gasteiger partial charge in [-0.05, 0) is 98.5 Å². The molecular formula is C49H57N5O26. The summed E-state index contributed by atoms with van der Waals surface area (Å²) < 4.78 is 58.6. The highest BCUT2D eigenvalue weighted by molar-refractivity contribution is 5.74. The second kappa shape index (κ2) is 40.0. The summed E-state index contributed by atoms with van der Waals surface area (Å²) in [5, 5.41) is 28.1. The smallest absolute Gasteiger partial charge is 0.347 e. The number of benzene rings is 4. The maximum Gasteiger partial charge on any atom is 0.347 e. The van der Waals surface area contributed by atoms with Gasteiger partial charge in [0.05, 0.1) is 9.85 Å². The van der Waals surface area contributed by atoms with Gasteiger partial charge in [0.2, 0.25) is 27.2 Å². The average molecular weight is 1130 g/mol. The molecular weight excluding hydrogens is 1070 g/mol. The van der Waals surface area contributed by atoms with Crippen molar-refractivity contribution >= 4 is 77.0 Å². The fourth-order valence-corrected chi connectivity index (χ4v) is 5.20. The highest BCUT2D eigenvalue weighted by Gasteiger charge is 2.14. The van der Waals surface area contributed by atoms with Gasteiger partial charge in [-0.2, -0.15) is 0 Å². The van der Waals surface area contributed by atoms with Crippen LogP contribution >= 0.6 is 0 Å². The standard InChI is InChI=1S/C24H24N2O14.C24H28N2O10.CH2O2.H3N/c27-21(37-15-39-23(29)13-35-19-9-5-17(6-10-19)25(31)32)3-1-2-4-22(28)38-16-40-24(30)14-36-20-11-7-18(8-12-20)26(33)34;25-17-5-9-19(10-6-17)31-13-23(29)35-15-33-21(27)3-1-2-4-22(28)34-16-36-24(30)14-32-20-11-7-18(26)8-12-20;2-1-3;/h5-12H,1-4,13-16H2;5-12H,1-4,13-16,25-26H2;1H,(H,2,3);1H3. The number of unbranched alkanes of at least 4 members (excludes halogenated alkanes) is 2. The van der Waals surface area contributed by atoms with Crippen LogP contribution in [0.2, 0.25) is 0 Å². The molecule has 0 heterocycles. The van der Waals surface area contributed by atoms with Crippen LogP contribution in [0.3, 0.4) is 0 Å². The molecule has 0 aliphatic heterocycles. The first-order valence-corrected chi connectivity index (χ1v) is 22.9. The maximum atomic E-state index is 11.7. The Morgan fingerprint density at radius 1 is 0.388 bits per heavy atom. The second-order valence-electron chi connectivity index (χ2n) is 14.9. The predicted molar refractivity (Wildman–Crippen MR) is 269 cm³/mol. The van der Waals surface area contributed by atoms with Gasteiger partial charge in [-0.15, -0.1) is 0 Å². The Morgan fingerprint density at radius 2 is 0.575 bits per heavy atom. The minimum Gasteiger partial charge on any atom is -0.483 e. The van der Waals surface area contributed by atoms with Crippen LogP contribution in [-0.2, 0) is 81.0 Å². The van der Waals surface area contributed by atoms with Crippen molar-refractivity contribution in [3.8, 4) is 23.0 Å². The van der Waals surface area contributed by atoms with E-state index in [2.05, 4.69) is 0 Å². The molecule has 0 saturated heterocycles. The van der Waals surface area contributed by atoms with Crippen LogP contribution in [0, 0.1) is 20.2 Å². The predicted octanol–water partition coefficient (Wildman–Crippen LogP) is 4.43. The first kappa shape index (κ1) is 67.7. The van der Waals surface area contributed by atoms with Crippen molar-refractivity contribution in [1.29, 1.82) is 0 Å². The lowest BCUT2D eigenvalue weighted by molar-refractivity contribution is -0.385. The third-order valence-electron chi connectivity index (χ3n) is 9.06. The number of carboxylic acid groups (broad SMARTS) is 1. The molecule has 4 aromatic carbocycles. The number of esters is 8. The summed E-state index contributed by atoms with van der Waals surface area (Å²) in [5.41, 5.74) is 12.0. The number of carbonyl (C=O) groups is 9. The number of nitrogens with zero attached hydrogens (tertiary/aromatic N) is 2. The van der Waals surface area contributed by atoms with E-state index in [1.165, 1.54) is 48.5 Å². The lowest BCUT2D eigenvalue weighted by atomic mass is 10.2. The monoisotopic (exact) mass is 1130 g/mol. The van der Waals surface area contributed by atoms with Crippen LogP contribution < -0.4 is 36.6 Å². The van der Waals surface area contributed by atoms with E-state index in [1.807, 2.05) is 0 Å². The molecule has 31 nitrogen and oxygen atoms in total. The Balaban J connectivity index is 0.000000757. The molecule has 0 atom stereocenters. The van der Waals surface area contributed by atoms with E-state index in [4.69, 9.17) is 78.2 Å². The Morgan fingerprint density at radius 3 is 0.775 bits per heavy atom. The Kier molecular flexibility index (Phi) is 33.8. The topological polar surface area (TPSA) is 458 Å². The fourth-order valence-electron chi connectivity index (χ4n) is 5.20. The lowest BCUT2D eigenvalue weighted by Gasteiger charge is -2.08. The van der Waals surface area contributed by atoms with E-state index in [-0.39, 0.29) is 87.2 Å². The number of nitrogen functional groups attached to an aromatic ring is 2. The number of hydrogen-bond donors (Lipinski definition) is 4. The third-order valence-corrected chi connectivity index (χ3v) is 9.06. The van der Waals surface area contributed by atoms with Gasteiger partial charge in [0.15, 0.2) is 26.4 Å². The SMILES string of the molecule is N.Nc1ccc(OCC(=O)OCOC(=O)CCCCC(=O)OCOC(=O)COc2ccc(N)cc2)cc1.O=C(CCCCC(=O)OCOC(=O)COc1ccc([N+](=O)[O-])cc1)OCOC(=O)COc1ccc([N+](=O)[O-])cc1.O=CO. The van der Waals surface area contributed by atoms with Crippen molar-refractivity contribution in [1.82, 2.24) is 6.15 Å². The lowest BCUT2D eigenvalue weighted by Crippen LogP contribution is -2.18. The summed E-state index contributed by atoms with van der Waals surface area (Å²) in [7, 11) is 0. The molecule has 0 radical (unpaired) electrons. The molecule has 0 aromatic heterocycles. The molecule has 0 aliphatic carbocycles. The molecule has 0 fully saturated rings. The van der Waals surface area contributed by atoms with Gasteiger partial charge in [0.1, 0.15) is 23.0 Å². The van der Waals surface area contributed by atoms with Gasteiger partial charge in [0, 0.05) is 61.3 Å². The van der Waals surface area contributed by atoms with Crippen molar-refractivity contribution < 1.29 is 115 Å². The fraction of sp³-hybridized carbons (Fsp3) is 0.327.